The molecule has 1 heterocycles. The zero-order chi connectivity index (χ0) is 17.2. The van der Waals surface area contributed by atoms with Gasteiger partial charge < -0.3 is 0 Å². The Hall–Kier alpha value is -3.20. The number of nitrogens with zero attached hydrogens (tertiary/aromatic N) is 2. The van der Waals surface area contributed by atoms with Gasteiger partial charge in [-0.15, -0.1) is 0 Å². The lowest BCUT2D eigenvalue weighted by atomic mass is 10.0. The van der Waals surface area contributed by atoms with E-state index in [-0.39, 0.29) is 5.56 Å². The normalized spacial score (nSPS) is 10.9. The van der Waals surface area contributed by atoms with E-state index in [0.717, 1.165) is 27.6 Å². The Morgan fingerprint density at radius 2 is 1.60 bits per heavy atom. The van der Waals surface area contributed by atoms with Gasteiger partial charge in [0, 0.05) is 11.6 Å². The molecule has 3 nitrogen and oxygen atoms in total. The first-order valence-electron chi connectivity index (χ1n) is 8.32. The van der Waals surface area contributed by atoms with Crippen molar-refractivity contribution in [2.24, 2.45) is 0 Å². The molecule has 25 heavy (non-hydrogen) atoms. The molecule has 1 aromatic heterocycles. The van der Waals surface area contributed by atoms with Gasteiger partial charge in [-0.2, -0.15) is 5.10 Å². The van der Waals surface area contributed by atoms with Gasteiger partial charge in [0.1, 0.15) is 0 Å². The molecular formula is C22H18N2O. The van der Waals surface area contributed by atoms with Gasteiger partial charge >= 0.3 is 0 Å². The minimum atomic E-state index is -0.0930. The Morgan fingerprint density at radius 3 is 2.44 bits per heavy atom. The monoisotopic (exact) mass is 326 g/mol. The van der Waals surface area contributed by atoms with Gasteiger partial charge in [-0.1, -0.05) is 72.3 Å². The van der Waals surface area contributed by atoms with Crippen LogP contribution in [0.5, 0.6) is 0 Å². The highest BCUT2D eigenvalue weighted by Gasteiger charge is 2.07. The summed E-state index contributed by atoms with van der Waals surface area (Å²) in [6.07, 6.45) is 0. The lowest BCUT2D eigenvalue weighted by molar-refractivity contribution is 0.643. The van der Waals surface area contributed by atoms with Gasteiger partial charge in [-0.25, -0.2) is 4.68 Å². The molecule has 0 aliphatic rings. The highest BCUT2D eigenvalue weighted by Crippen LogP contribution is 2.26. The molecule has 0 saturated heterocycles. The van der Waals surface area contributed by atoms with Crippen molar-refractivity contribution in [1.29, 1.82) is 0 Å². The summed E-state index contributed by atoms with van der Waals surface area (Å²) in [7, 11) is 0. The second kappa shape index (κ2) is 6.36. The molecule has 0 bridgehead atoms. The smallest absolute Gasteiger partial charge is 0.267 e. The Kier molecular flexibility index (Phi) is 3.90. The molecule has 0 spiro atoms. The lowest BCUT2D eigenvalue weighted by Gasteiger charge is -2.10. The van der Waals surface area contributed by atoms with E-state index in [1.807, 2.05) is 36.4 Å². The molecule has 0 amide bonds. The third-order valence-electron chi connectivity index (χ3n) is 4.39. The number of fused-ring (bicyclic) bond motifs is 1. The number of rotatable bonds is 3. The molecule has 0 radical (unpaired) electrons. The van der Waals surface area contributed by atoms with Crippen molar-refractivity contribution < 1.29 is 0 Å². The number of aromatic nitrogens is 2. The third kappa shape index (κ3) is 3.09. The Balaban J connectivity index is 1.79. The van der Waals surface area contributed by atoms with Crippen LogP contribution in [0.4, 0.5) is 0 Å². The number of hydrogen-bond acceptors (Lipinski definition) is 2. The summed E-state index contributed by atoms with van der Waals surface area (Å²) < 4.78 is 1.53. The summed E-state index contributed by atoms with van der Waals surface area (Å²) in [4.78, 5) is 12.2. The summed E-state index contributed by atoms with van der Waals surface area (Å²) in [6.45, 7) is 2.52. The molecule has 122 valence electrons. The highest BCUT2D eigenvalue weighted by molar-refractivity contribution is 5.95. The predicted octanol–water partition coefficient (Wildman–Crippen LogP) is 4.42. The second-order valence-electron chi connectivity index (χ2n) is 6.23. The average molecular weight is 326 g/mol. The van der Waals surface area contributed by atoms with Crippen LogP contribution in [0.1, 0.15) is 11.1 Å². The predicted molar refractivity (Wildman–Crippen MR) is 102 cm³/mol. The van der Waals surface area contributed by atoms with Crippen molar-refractivity contribution >= 4 is 10.8 Å². The molecule has 0 aliphatic carbocycles. The van der Waals surface area contributed by atoms with Crippen molar-refractivity contribution in [3.05, 3.63) is 100 Å². The van der Waals surface area contributed by atoms with Crippen molar-refractivity contribution in [3.63, 3.8) is 0 Å². The fourth-order valence-electron chi connectivity index (χ4n) is 3.02. The maximum Gasteiger partial charge on any atom is 0.267 e. The Labute approximate surface area is 146 Å². The topological polar surface area (TPSA) is 34.9 Å². The maximum atomic E-state index is 12.2. The third-order valence-corrected chi connectivity index (χ3v) is 4.39. The molecule has 0 atom stereocenters. The molecule has 0 unspecified atom stereocenters. The minimum Gasteiger partial charge on any atom is -0.268 e. The standard InChI is InChI=1S/C22H18N2O/c1-16-9-11-17(12-10-16)15-24-22(25)14-13-21(23-24)20-8-4-6-18-5-2-3-7-19(18)20/h2-14H,15H2,1H3. The summed E-state index contributed by atoms with van der Waals surface area (Å²) in [6, 6.07) is 25.9. The largest absolute Gasteiger partial charge is 0.268 e. The molecule has 3 heteroatoms. The van der Waals surface area contributed by atoms with Crippen LogP contribution in [0.15, 0.2) is 83.7 Å². The van der Waals surface area contributed by atoms with Crippen LogP contribution in [-0.2, 0) is 6.54 Å². The Morgan fingerprint density at radius 1 is 0.840 bits per heavy atom. The molecule has 0 aliphatic heterocycles. The number of hydrogen-bond donors (Lipinski definition) is 0. The van der Waals surface area contributed by atoms with E-state index < -0.39 is 0 Å². The van der Waals surface area contributed by atoms with Crippen molar-refractivity contribution in [1.82, 2.24) is 9.78 Å². The van der Waals surface area contributed by atoms with Crippen LogP contribution in [0, 0.1) is 6.92 Å². The second-order valence-corrected chi connectivity index (χ2v) is 6.23. The molecule has 4 rings (SSSR count). The van der Waals surface area contributed by atoms with E-state index in [4.69, 9.17) is 0 Å². The van der Waals surface area contributed by atoms with Crippen LogP contribution in [0.3, 0.4) is 0 Å². The zero-order valence-electron chi connectivity index (χ0n) is 14.0. The van der Waals surface area contributed by atoms with E-state index in [2.05, 4.69) is 42.4 Å². The first-order valence-corrected chi connectivity index (χ1v) is 8.32. The van der Waals surface area contributed by atoms with E-state index >= 15 is 0 Å². The van der Waals surface area contributed by atoms with Crippen molar-refractivity contribution in [3.8, 4) is 11.3 Å². The maximum absolute atomic E-state index is 12.2. The highest BCUT2D eigenvalue weighted by atomic mass is 16.1. The SMILES string of the molecule is Cc1ccc(Cn2nc(-c3cccc4ccccc34)ccc2=O)cc1. The van der Waals surface area contributed by atoms with Gasteiger partial charge in [-0.3, -0.25) is 4.79 Å². The van der Waals surface area contributed by atoms with E-state index in [9.17, 15) is 4.79 Å². The van der Waals surface area contributed by atoms with Crippen molar-refractivity contribution in [2.75, 3.05) is 0 Å². The fourth-order valence-corrected chi connectivity index (χ4v) is 3.02. The number of aryl methyl sites for hydroxylation is 1. The van der Waals surface area contributed by atoms with E-state index in [0.29, 0.717) is 6.54 Å². The fraction of sp³-hybridized carbons (Fsp3) is 0.0909. The van der Waals surface area contributed by atoms with Crippen LogP contribution in [0.2, 0.25) is 0 Å². The summed E-state index contributed by atoms with van der Waals surface area (Å²) >= 11 is 0. The zero-order valence-corrected chi connectivity index (χ0v) is 14.0. The van der Waals surface area contributed by atoms with Crippen LogP contribution < -0.4 is 5.56 Å². The molecule has 0 fully saturated rings. The van der Waals surface area contributed by atoms with Crippen LogP contribution >= 0.6 is 0 Å². The van der Waals surface area contributed by atoms with Gasteiger partial charge in [0.15, 0.2) is 0 Å². The molecule has 3 aromatic carbocycles. The van der Waals surface area contributed by atoms with Gasteiger partial charge in [0.2, 0.25) is 0 Å². The summed E-state index contributed by atoms with van der Waals surface area (Å²) in [5.41, 5.74) is 4.02. The van der Waals surface area contributed by atoms with Gasteiger partial charge in [-0.05, 0) is 29.3 Å². The molecule has 0 N–H and O–H groups in total. The first kappa shape index (κ1) is 15.3. The van der Waals surface area contributed by atoms with Crippen LogP contribution in [0.25, 0.3) is 22.0 Å². The molecule has 4 aromatic rings. The van der Waals surface area contributed by atoms with Crippen LogP contribution in [-0.4, -0.2) is 9.78 Å². The quantitative estimate of drug-likeness (QED) is 0.558. The van der Waals surface area contributed by atoms with Crippen molar-refractivity contribution in [2.45, 2.75) is 13.5 Å². The van der Waals surface area contributed by atoms with E-state index in [1.165, 1.54) is 10.2 Å². The summed E-state index contributed by atoms with van der Waals surface area (Å²) in [5, 5.41) is 6.92. The molecular weight excluding hydrogens is 308 g/mol. The minimum absolute atomic E-state index is 0.0930. The lowest BCUT2D eigenvalue weighted by Crippen LogP contribution is -2.22. The molecule has 0 saturated carbocycles. The van der Waals surface area contributed by atoms with Gasteiger partial charge in [0.25, 0.3) is 5.56 Å². The Bertz CT molecular complexity index is 1090. The van der Waals surface area contributed by atoms with E-state index in [1.54, 1.807) is 12.1 Å². The number of benzene rings is 3. The first-order chi connectivity index (χ1) is 12.2. The summed E-state index contributed by atoms with van der Waals surface area (Å²) in [5.74, 6) is 0. The van der Waals surface area contributed by atoms with Gasteiger partial charge in [0.05, 0.1) is 12.2 Å². The average Bonchev–Trinajstić information content (AvgIpc) is 2.65.